The number of carbonyl (C=O) groups excluding carboxylic acids is 2. The number of aryl methyl sites for hydroxylation is 1. The van der Waals surface area contributed by atoms with Gasteiger partial charge in [-0.25, -0.2) is 4.79 Å². The molecule has 3 aromatic heterocycles. The Bertz CT molecular complexity index is 1150. The second kappa shape index (κ2) is 9.56. The maximum atomic E-state index is 13.3. The fourth-order valence-electron chi connectivity index (χ4n) is 4.21. The number of amides is 1. The summed E-state index contributed by atoms with van der Waals surface area (Å²) in [6.45, 7) is 7.57. The van der Waals surface area contributed by atoms with Gasteiger partial charge >= 0.3 is 5.97 Å². The van der Waals surface area contributed by atoms with Gasteiger partial charge < -0.3 is 9.64 Å². The van der Waals surface area contributed by atoms with E-state index >= 15 is 0 Å². The number of pyridine rings is 1. The van der Waals surface area contributed by atoms with Crippen LogP contribution in [0.1, 0.15) is 64.4 Å². The van der Waals surface area contributed by atoms with Gasteiger partial charge in [-0.2, -0.15) is 10.2 Å². The van der Waals surface area contributed by atoms with E-state index in [-0.39, 0.29) is 18.2 Å². The maximum Gasteiger partial charge on any atom is 0.359 e. The second-order valence-electron chi connectivity index (χ2n) is 8.69. The molecule has 1 aliphatic rings. The number of nitrogens with zero attached hydrogens (tertiary/aromatic N) is 6. The van der Waals surface area contributed by atoms with Gasteiger partial charge in [-0.3, -0.25) is 19.1 Å². The van der Waals surface area contributed by atoms with Crippen molar-refractivity contribution in [3.8, 4) is 0 Å². The van der Waals surface area contributed by atoms with Crippen molar-refractivity contribution in [2.24, 2.45) is 13.0 Å². The van der Waals surface area contributed by atoms with Crippen molar-refractivity contribution in [3.05, 3.63) is 64.5 Å². The average molecular weight is 451 g/mol. The highest BCUT2D eigenvalue weighted by Gasteiger charge is 2.32. The second-order valence-corrected chi connectivity index (χ2v) is 8.69. The van der Waals surface area contributed by atoms with E-state index in [0.29, 0.717) is 37.7 Å². The van der Waals surface area contributed by atoms with Crippen LogP contribution in [0.15, 0.2) is 30.5 Å². The summed E-state index contributed by atoms with van der Waals surface area (Å²) in [5.41, 5.74) is 4.26. The smallest absolute Gasteiger partial charge is 0.359 e. The van der Waals surface area contributed by atoms with E-state index in [9.17, 15) is 9.59 Å². The Morgan fingerprint density at radius 3 is 2.70 bits per heavy atom. The van der Waals surface area contributed by atoms with Crippen molar-refractivity contribution in [2.75, 3.05) is 13.2 Å². The monoisotopic (exact) mass is 450 g/mol. The van der Waals surface area contributed by atoms with Crippen LogP contribution in [-0.2, 0) is 37.7 Å². The van der Waals surface area contributed by atoms with Crippen LogP contribution in [0.3, 0.4) is 0 Å². The molecular weight excluding hydrogens is 420 g/mol. The first-order valence-electron chi connectivity index (χ1n) is 11.3. The molecule has 0 spiro atoms. The van der Waals surface area contributed by atoms with E-state index in [1.165, 1.54) is 0 Å². The maximum absolute atomic E-state index is 13.3. The third-order valence-electron chi connectivity index (χ3n) is 5.69. The number of rotatable bonds is 7. The number of fused-ring (bicyclic) bond motifs is 1. The van der Waals surface area contributed by atoms with Gasteiger partial charge in [0.1, 0.15) is 5.69 Å². The van der Waals surface area contributed by atoms with Crippen LogP contribution < -0.4 is 0 Å². The van der Waals surface area contributed by atoms with E-state index in [1.54, 1.807) is 29.7 Å². The SMILES string of the molecule is CCOC(=O)c1nn(Cc2ccccn2)c2c1CN(C(=O)c1cc(CC(C)C)nn1C)CC2. The zero-order valence-corrected chi connectivity index (χ0v) is 19.6. The van der Waals surface area contributed by atoms with Gasteiger partial charge in [0.2, 0.25) is 0 Å². The molecule has 9 nitrogen and oxygen atoms in total. The largest absolute Gasteiger partial charge is 0.461 e. The normalized spacial score (nSPS) is 13.3. The molecule has 0 aliphatic carbocycles. The Labute approximate surface area is 193 Å². The summed E-state index contributed by atoms with van der Waals surface area (Å²) in [5.74, 6) is -0.113. The van der Waals surface area contributed by atoms with E-state index in [0.717, 1.165) is 29.1 Å². The predicted octanol–water partition coefficient (Wildman–Crippen LogP) is 2.63. The molecule has 0 N–H and O–H groups in total. The number of esters is 1. The zero-order valence-electron chi connectivity index (χ0n) is 19.6. The Morgan fingerprint density at radius 1 is 1.18 bits per heavy atom. The topological polar surface area (TPSA) is 95.1 Å². The fourth-order valence-corrected chi connectivity index (χ4v) is 4.21. The molecular formula is C24H30N6O3. The van der Waals surface area contributed by atoms with Crippen LogP contribution in [0.25, 0.3) is 0 Å². The molecule has 4 heterocycles. The molecule has 0 saturated heterocycles. The molecule has 33 heavy (non-hydrogen) atoms. The Kier molecular flexibility index (Phi) is 6.57. The summed E-state index contributed by atoms with van der Waals surface area (Å²) in [4.78, 5) is 32.1. The summed E-state index contributed by atoms with van der Waals surface area (Å²) in [7, 11) is 1.79. The van der Waals surface area contributed by atoms with E-state index < -0.39 is 5.97 Å². The van der Waals surface area contributed by atoms with Crippen LogP contribution >= 0.6 is 0 Å². The summed E-state index contributed by atoms with van der Waals surface area (Å²) in [6.07, 6.45) is 3.15. The lowest BCUT2D eigenvalue weighted by molar-refractivity contribution is 0.0512. The highest BCUT2D eigenvalue weighted by Crippen LogP contribution is 2.25. The van der Waals surface area contributed by atoms with Crippen molar-refractivity contribution >= 4 is 11.9 Å². The summed E-state index contributed by atoms with van der Waals surface area (Å²) in [5, 5.41) is 9.08. The van der Waals surface area contributed by atoms with Gasteiger partial charge in [-0.1, -0.05) is 19.9 Å². The molecule has 0 radical (unpaired) electrons. The Balaban J connectivity index is 1.62. The van der Waals surface area contributed by atoms with Crippen LogP contribution in [0.2, 0.25) is 0 Å². The first-order valence-corrected chi connectivity index (χ1v) is 11.3. The van der Waals surface area contributed by atoms with E-state index in [1.807, 2.05) is 28.9 Å². The number of aromatic nitrogens is 5. The quantitative estimate of drug-likeness (QED) is 0.514. The average Bonchev–Trinajstić information content (AvgIpc) is 3.33. The molecule has 0 unspecified atom stereocenters. The van der Waals surface area contributed by atoms with Crippen molar-refractivity contribution in [1.82, 2.24) is 29.4 Å². The minimum Gasteiger partial charge on any atom is -0.461 e. The molecule has 174 valence electrons. The zero-order chi connectivity index (χ0) is 23.5. The van der Waals surface area contributed by atoms with Crippen LogP contribution in [0.5, 0.6) is 0 Å². The van der Waals surface area contributed by atoms with Crippen molar-refractivity contribution in [1.29, 1.82) is 0 Å². The standard InChI is InChI=1S/C24H30N6O3/c1-5-33-24(32)22-19-15-29(23(31)21-13-18(12-16(2)3)26-28(21)4)11-9-20(19)30(27-22)14-17-8-6-7-10-25-17/h6-8,10,13,16H,5,9,11-12,14-15H2,1-4H3. The van der Waals surface area contributed by atoms with Crippen LogP contribution in [0.4, 0.5) is 0 Å². The minimum atomic E-state index is -0.470. The molecule has 0 bridgehead atoms. The molecule has 9 heteroatoms. The highest BCUT2D eigenvalue weighted by atomic mass is 16.5. The van der Waals surface area contributed by atoms with Gasteiger partial charge in [-0.15, -0.1) is 0 Å². The lowest BCUT2D eigenvalue weighted by atomic mass is 10.0. The molecule has 0 fully saturated rings. The Hall–Kier alpha value is -3.49. The fraction of sp³-hybridized carbons (Fsp3) is 0.458. The third-order valence-corrected chi connectivity index (χ3v) is 5.69. The van der Waals surface area contributed by atoms with Crippen LogP contribution in [-0.4, -0.2) is 54.5 Å². The molecule has 0 saturated carbocycles. The third kappa shape index (κ3) is 4.81. The van der Waals surface area contributed by atoms with Gasteiger partial charge in [0, 0.05) is 37.5 Å². The lowest BCUT2D eigenvalue weighted by Crippen LogP contribution is -2.37. The molecule has 3 aromatic rings. The summed E-state index contributed by atoms with van der Waals surface area (Å²) < 4.78 is 8.71. The summed E-state index contributed by atoms with van der Waals surface area (Å²) in [6, 6.07) is 7.58. The van der Waals surface area contributed by atoms with Gasteiger partial charge in [0.15, 0.2) is 5.69 Å². The number of carbonyl (C=O) groups is 2. The Morgan fingerprint density at radius 2 is 2.00 bits per heavy atom. The molecule has 0 aromatic carbocycles. The van der Waals surface area contributed by atoms with Gasteiger partial charge in [-0.05, 0) is 37.5 Å². The number of hydrogen-bond acceptors (Lipinski definition) is 6. The van der Waals surface area contributed by atoms with Gasteiger partial charge in [0.25, 0.3) is 5.91 Å². The van der Waals surface area contributed by atoms with E-state index in [2.05, 4.69) is 29.0 Å². The number of hydrogen-bond donors (Lipinski definition) is 0. The molecule has 4 rings (SSSR count). The van der Waals surface area contributed by atoms with Crippen LogP contribution in [0, 0.1) is 5.92 Å². The first kappa shape index (κ1) is 22.7. The number of ether oxygens (including phenoxy) is 1. The highest BCUT2D eigenvalue weighted by molar-refractivity contribution is 5.94. The van der Waals surface area contributed by atoms with Crippen molar-refractivity contribution < 1.29 is 14.3 Å². The lowest BCUT2D eigenvalue weighted by Gasteiger charge is -2.27. The van der Waals surface area contributed by atoms with Crippen molar-refractivity contribution in [3.63, 3.8) is 0 Å². The van der Waals surface area contributed by atoms with Gasteiger partial charge in [0.05, 0.1) is 31.1 Å². The first-order chi connectivity index (χ1) is 15.9. The molecule has 1 aliphatic heterocycles. The molecule has 0 atom stereocenters. The van der Waals surface area contributed by atoms with Crippen molar-refractivity contribution in [2.45, 2.75) is 46.7 Å². The van der Waals surface area contributed by atoms with E-state index in [4.69, 9.17) is 4.74 Å². The summed E-state index contributed by atoms with van der Waals surface area (Å²) >= 11 is 0. The predicted molar refractivity (Wildman–Crippen MR) is 122 cm³/mol. The molecule has 1 amide bonds. The minimum absolute atomic E-state index is 0.0991.